The minimum absolute atomic E-state index is 0.0353. The molecule has 3 heteroatoms. The van der Waals surface area contributed by atoms with E-state index < -0.39 is 0 Å². The first-order valence-electron chi connectivity index (χ1n) is 7.96. The molecular weight excluding hydrogens is 264 g/mol. The molecule has 0 fully saturated rings. The predicted octanol–water partition coefficient (Wildman–Crippen LogP) is 4.67. The van der Waals surface area contributed by atoms with Crippen LogP contribution < -0.4 is 0 Å². The van der Waals surface area contributed by atoms with Crippen LogP contribution in [-0.4, -0.2) is 24.8 Å². The van der Waals surface area contributed by atoms with Gasteiger partial charge in [-0.25, -0.2) is 4.79 Å². The van der Waals surface area contributed by atoms with Gasteiger partial charge in [0.15, 0.2) is 0 Å². The Hall–Kier alpha value is -1.09. The Kier molecular flexibility index (Phi) is 10.1. The van der Waals surface area contributed by atoms with Crippen LogP contribution in [0.2, 0.25) is 0 Å². The molecule has 0 aliphatic heterocycles. The fourth-order valence-corrected chi connectivity index (χ4v) is 2.08. The summed E-state index contributed by atoms with van der Waals surface area (Å²) in [6.07, 6.45) is 8.86. The molecule has 0 aliphatic carbocycles. The van der Waals surface area contributed by atoms with Crippen molar-refractivity contribution < 1.29 is 14.3 Å². The quantitative estimate of drug-likeness (QED) is 0.334. The molecule has 3 nitrogen and oxygen atoms in total. The van der Waals surface area contributed by atoms with Crippen molar-refractivity contribution >= 4 is 5.97 Å². The third-order valence-corrected chi connectivity index (χ3v) is 3.33. The lowest BCUT2D eigenvalue weighted by Crippen LogP contribution is -2.24. The second-order valence-corrected chi connectivity index (χ2v) is 6.12. The van der Waals surface area contributed by atoms with Gasteiger partial charge in [-0.1, -0.05) is 19.1 Å². The van der Waals surface area contributed by atoms with Gasteiger partial charge in [0.25, 0.3) is 0 Å². The van der Waals surface area contributed by atoms with Crippen LogP contribution in [0.4, 0.5) is 0 Å². The van der Waals surface area contributed by atoms with E-state index in [1.165, 1.54) is 6.08 Å². The molecule has 1 unspecified atom stereocenters. The summed E-state index contributed by atoms with van der Waals surface area (Å²) in [6.45, 7) is 13.5. The fourth-order valence-electron chi connectivity index (χ4n) is 2.08. The molecule has 0 saturated heterocycles. The number of rotatable bonds is 10. The average molecular weight is 296 g/mol. The predicted molar refractivity (Wildman–Crippen MR) is 88.3 cm³/mol. The molecule has 1 atom stereocenters. The third-order valence-electron chi connectivity index (χ3n) is 3.33. The zero-order valence-electron chi connectivity index (χ0n) is 14.6. The standard InChI is InChI=1S/C18H32O3/c1-7-20-17(19)14-16(4)11-9-10-15(3)12-13-18(5,6)21-8-2/h9,11,14-15H,7-8,10,12-13H2,1-6H3/b11-9+,16-14+. The highest BCUT2D eigenvalue weighted by atomic mass is 16.5. The summed E-state index contributed by atoms with van der Waals surface area (Å²) in [4.78, 5) is 11.3. The molecule has 0 aliphatic rings. The smallest absolute Gasteiger partial charge is 0.330 e. The monoisotopic (exact) mass is 296 g/mol. The van der Waals surface area contributed by atoms with Gasteiger partial charge in [-0.2, -0.15) is 0 Å². The van der Waals surface area contributed by atoms with Gasteiger partial charge in [0.2, 0.25) is 0 Å². The van der Waals surface area contributed by atoms with Gasteiger partial charge < -0.3 is 9.47 Å². The Bertz CT molecular complexity index is 353. The summed E-state index contributed by atoms with van der Waals surface area (Å²) in [7, 11) is 0. The lowest BCUT2D eigenvalue weighted by molar-refractivity contribution is -0.137. The molecule has 0 N–H and O–H groups in total. The van der Waals surface area contributed by atoms with Gasteiger partial charge in [-0.15, -0.1) is 0 Å². The Morgan fingerprint density at radius 2 is 1.90 bits per heavy atom. The van der Waals surface area contributed by atoms with Crippen molar-refractivity contribution in [3.63, 3.8) is 0 Å². The molecule has 0 bridgehead atoms. The third kappa shape index (κ3) is 11.3. The van der Waals surface area contributed by atoms with Crippen LogP contribution in [0.5, 0.6) is 0 Å². The van der Waals surface area contributed by atoms with E-state index in [0.717, 1.165) is 31.4 Å². The van der Waals surface area contributed by atoms with Gasteiger partial charge >= 0.3 is 5.97 Å². The minimum atomic E-state index is -0.272. The average Bonchev–Trinajstić information content (AvgIpc) is 2.36. The van der Waals surface area contributed by atoms with Crippen molar-refractivity contribution in [3.05, 3.63) is 23.8 Å². The fraction of sp³-hybridized carbons (Fsp3) is 0.722. The van der Waals surface area contributed by atoms with Crippen molar-refractivity contribution in [2.24, 2.45) is 5.92 Å². The number of carbonyl (C=O) groups is 1. The maximum atomic E-state index is 11.3. The van der Waals surface area contributed by atoms with Crippen LogP contribution in [0.25, 0.3) is 0 Å². The van der Waals surface area contributed by atoms with Gasteiger partial charge in [-0.3, -0.25) is 0 Å². The van der Waals surface area contributed by atoms with Crippen LogP contribution in [-0.2, 0) is 14.3 Å². The number of hydrogen-bond donors (Lipinski definition) is 0. The topological polar surface area (TPSA) is 35.5 Å². The molecule has 0 rings (SSSR count). The summed E-state index contributed by atoms with van der Waals surface area (Å²) in [5.41, 5.74) is 0.891. The molecule has 0 spiro atoms. The zero-order valence-corrected chi connectivity index (χ0v) is 14.6. The van der Waals surface area contributed by atoms with Crippen molar-refractivity contribution in [1.82, 2.24) is 0 Å². The van der Waals surface area contributed by atoms with Gasteiger partial charge in [0.1, 0.15) is 0 Å². The molecular formula is C18H32O3. The highest BCUT2D eigenvalue weighted by Crippen LogP contribution is 2.21. The Balaban J connectivity index is 4.09. The van der Waals surface area contributed by atoms with Crippen LogP contribution in [0, 0.1) is 5.92 Å². The first-order valence-corrected chi connectivity index (χ1v) is 7.96. The van der Waals surface area contributed by atoms with E-state index in [1.54, 1.807) is 0 Å². The van der Waals surface area contributed by atoms with E-state index in [1.807, 2.05) is 26.8 Å². The Morgan fingerprint density at radius 1 is 1.24 bits per heavy atom. The van der Waals surface area contributed by atoms with Crippen LogP contribution in [0.3, 0.4) is 0 Å². The molecule has 0 amide bonds. The number of carbonyl (C=O) groups excluding carboxylic acids is 1. The largest absolute Gasteiger partial charge is 0.463 e. The second-order valence-electron chi connectivity index (χ2n) is 6.12. The van der Waals surface area contributed by atoms with Gasteiger partial charge in [0, 0.05) is 12.7 Å². The Morgan fingerprint density at radius 3 is 2.48 bits per heavy atom. The van der Waals surface area contributed by atoms with Crippen LogP contribution in [0.1, 0.15) is 60.8 Å². The SMILES string of the molecule is CCOC(=O)/C=C(C)/C=C/CC(C)CCC(C)(C)OCC. The normalized spacial score (nSPS) is 14.5. The lowest BCUT2D eigenvalue weighted by Gasteiger charge is -2.25. The van der Waals surface area contributed by atoms with Crippen LogP contribution >= 0.6 is 0 Å². The maximum Gasteiger partial charge on any atom is 0.330 e. The van der Waals surface area contributed by atoms with E-state index in [4.69, 9.17) is 9.47 Å². The van der Waals surface area contributed by atoms with E-state index in [-0.39, 0.29) is 11.6 Å². The summed E-state index contributed by atoms with van der Waals surface area (Å²) in [6, 6.07) is 0. The molecule has 21 heavy (non-hydrogen) atoms. The first kappa shape index (κ1) is 19.9. The summed E-state index contributed by atoms with van der Waals surface area (Å²) >= 11 is 0. The molecule has 0 heterocycles. The minimum Gasteiger partial charge on any atom is -0.463 e. The van der Waals surface area contributed by atoms with Crippen molar-refractivity contribution in [2.75, 3.05) is 13.2 Å². The van der Waals surface area contributed by atoms with Gasteiger partial charge in [-0.05, 0) is 65.4 Å². The first-order chi connectivity index (χ1) is 9.80. The van der Waals surface area contributed by atoms with Crippen LogP contribution in [0.15, 0.2) is 23.8 Å². The maximum absolute atomic E-state index is 11.3. The number of esters is 1. The lowest BCUT2D eigenvalue weighted by atomic mass is 9.93. The highest BCUT2D eigenvalue weighted by Gasteiger charge is 2.18. The molecule has 0 aromatic carbocycles. The number of allylic oxidation sites excluding steroid dienone is 3. The molecule has 0 saturated carbocycles. The summed E-state index contributed by atoms with van der Waals surface area (Å²) in [5, 5.41) is 0. The molecule has 0 aromatic heterocycles. The Labute approximate surface area is 130 Å². The molecule has 0 radical (unpaired) electrons. The van der Waals surface area contributed by atoms with Crippen molar-refractivity contribution in [2.45, 2.75) is 66.4 Å². The zero-order chi connectivity index (χ0) is 16.3. The van der Waals surface area contributed by atoms with E-state index in [2.05, 4.69) is 26.8 Å². The number of hydrogen-bond acceptors (Lipinski definition) is 3. The second kappa shape index (κ2) is 10.6. The van der Waals surface area contributed by atoms with Crippen molar-refractivity contribution in [3.8, 4) is 0 Å². The highest BCUT2D eigenvalue weighted by molar-refractivity contribution is 5.83. The molecule has 122 valence electrons. The van der Waals surface area contributed by atoms with E-state index in [9.17, 15) is 4.79 Å². The summed E-state index contributed by atoms with van der Waals surface area (Å²) in [5.74, 6) is 0.336. The summed E-state index contributed by atoms with van der Waals surface area (Å²) < 4.78 is 10.6. The number of ether oxygens (including phenoxy) is 2. The van der Waals surface area contributed by atoms with E-state index >= 15 is 0 Å². The molecule has 0 aromatic rings. The van der Waals surface area contributed by atoms with E-state index in [0.29, 0.717) is 12.5 Å². The van der Waals surface area contributed by atoms with Crippen molar-refractivity contribution in [1.29, 1.82) is 0 Å². The van der Waals surface area contributed by atoms with Gasteiger partial charge in [0.05, 0.1) is 12.2 Å².